The van der Waals surface area contributed by atoms with E-state index in [1.165, 1.54) is 0 Å². The van der Waals surface area contributed by atoms with Gasteiger partial charge in [-0.1, -0.05) is 51.9 Å². The highest BCUT2D eigenvalue weighted by atomic mass is 127. The molecule has 0 radical (unpaired) electrons. The fraction of sp³-hybridized carbons (Fsp3) is 0.143. The van der Waals surface area contributed by atoms with Crippen LogP contribution >= 0.6 is 45.8 Å². The van der Waals surface area contributed by atoms with Gasteiger partial charge < -0.3 is 0 Å². The monoisotopic (exact) mass is 286 g/mol. The van der Waals surface area contributed by atoms with E-state index >= 15 is 0 Å². The van der Waals surface area contributed by atoms with E-state index in [1.54, 1.807) is 6.07 Å². The first-order chi connectivity index (χ1) is 4.74. The van der Waals surface area contributed by atoms with Crippen molar-refractivity contribution in [3.05, 3.63) is 33.8 Å². The molecule has 0 aliphatic rings. The number of rotatable bonds is 1. The normalized spacial score (nSPS) is 9.90. The van der Waals surface area contributed by atoms with E-state index in [2.05, 4.69) is 22.6 Å². The van der Waals surface area contributed by atoms with Gasteiger partial charge in [0.25, 0.3) is 0 Å². The Kier molecular flexibility index (Phi) is 3.27. The van der Waals surface area contributed by atoms with Crippen molar-refractivity contribution >= 4 is 45.8 Å². The first-order valence-corrected chi connectivity index (χ1v) is 5.02. The van der Waals surface area contributed by atoms with Crippen molar-refractivity contribution in [1.29, 1.82) is 0 Å². The molecule has 0 spiro atoms. The Morgan fingerprint density at radius 3 is 2.50 bits per heavy atom. The Hall–Kier alpha value is 0.530. The van der Waals surface area contributed by atoms with Crippen LogP contribution < -0.4 is 0 Å². The van der Waals surface area contributed by atoms with E-state index < -0.39 is 0 Å². The summed E-state index contributed by atoms with van der Waals surface area (Å²) < 4.78 is 0.924. The quantitative estimate of drug-likeness (QED) is 0.542. The maximum absolute atomic E-state index is 5.84. The molecule has 1 aromatic rings. The molecule has 10 heavy (non-hydrogen) atoms. The van der Waals surface area contributed by atoms with Crippen LogP contribution in [-0.2, 0) is 4.43 Å². The average Bonchev–Trinajstić information content (AvgIpc) is 1.88. The zero-order valence-electron chi connectivity index (χ0n) is 5.07. The van der Waals surface area contributed by atoms with Crippen molar-refractivity contribution in [2.24, 2.45) is 0 Å². The Labute approximate surface area is 83.7 Å². The van der Waals surface area contributed by atoms with Gasteiger partial charge in [-0.15, -0.1) is 0 Å². The van der Waals surface area contributed by atoms with Gasteiger partial charge in [0.05, 0.1) is 0 Å². The molecule has 0 unspecified atom stereocenters. The number of hydrogen-bond donors (Lipinski definition) is 0. The molecule has 1 rings (SSSR count). The van der Waals surface area contributed by atoms with Gasteiger partial charge in [-0.3, -0.25) is 0 Å². The van der Waals surface area contributed by atoms with Crippen LogP contribution in [0.25, 0.3) is 0 Å². The molecule has 0 aromatic heterocycles. The van der Waals surface area contributed by atoms with Crippen molar-refractivity contribution in [3.63, 3.8) is 0 Å². The van der Waals surface area contributed by atoms with E-state index in [0.717, 1.165) is 15.0 Å². The van der Waals surface area contributed by atoms with Crippen molar-refractivity contribution < 1.29 is 0 Å². The van der Waals surface area contributed by atoms with E-state index in [1.807, 2.05) is 12.1 Å². The van der Waals surface area contributed by atoms with E-state index in [4.69, 9.17) is 23.2 Å². The Morgan fingerprint density at radius 2 is 2.00 bits per heavy atom. The number of alkyl halides is 1. The van der Waals surface area contributed by atoms with Crippen LogP contribution in [0, 0.1) is 0 Å². The molecule has 0 aliphatic heterocycles. The first kappa shape index (κ1) is 8.62. The highest BCUT2D eigenvalue weighted by Crippen LogP contribution is 2.22. The van der Waals surface area contributed by atoms with Gasteiger partial charge >= 0.3 is 0 Å². The smallest absolute Gasteiger partial charge is 0.0460 e. The second kappa shape index (κ2) is 3.79. The van der Waals surface area contributed by atoms with Crippen LogP contribution in [0.5, 0.6) is 0 Å². The van der Waals surface area contributed by atoms with Crippen LogP contribution in [0.2, 0.25) is 10.0 Å². The summed E-state index contributed by atoms with van der Waals surface area (Å²) in [6, 6.07) is 5.55. The van der Waals surface area contributed by atoms with Gasteiger partial charge in [-0.05, 0) is 17.7 Å². The zero-order valence-corrected chi connectivity index (χ0v) is 8.74. The van der Waals surface area contributed by atoms with E-state index in [0.29, 0.717) is 5.02 Å². The number of halogens is 3. The third-order valence-corrected chi connectivity index (χ3v) is 2.57. The van der Waals surface area contributed by atoms with Crippen LogP contribution in [0.4, 0.5) is 0 Å². The molecule has 0 heterocycles. The molecule has 0 nitrogen and oxygen atoms in total. The molecule has 1 aromatic carbocycles. The van der Waals surface area contributed by atoms with Crippen LogP contribution in [-0.4, -0.2) is 0 Å². The van der Waals surface area contributed by atoms with Crippen molar-refractivity contribution in [1.82, 2.24) is 0 Å². The minimum atomic E-state index is 0.693. The van der Waals surface area contributed by atoms with Gasteiger partial charge in [0.2, 0.25) is 0 Å². The lowest BCUT2D eigenvalue weighted by atomic mass is 10.2. The third kappa shape index (κ3) is 2.01. The van der Waals surface area contributed by atoms with E-state index in [9.17, 15) is 0 Å². The minimum absolute atomic E-state index is 0.693. The van der Waals surface area contributed by atoms with Crippen molar-refractivity contribution in [2.45, 2.75) is 4.43 Å². The summed E-state index contributed by atoms with van der Waals surface area (Å²) in [5, 5.41) is 1.44. The summed E-state index contributed by atoms with van der Waals surface area (Å²) in [6.45, 7) is 0. The number of hydrogen-bond acceptors (Lipinski definition) is 0. The highest BCUT2D eigenvalue weighted by Gasteiger charge is 1.97. The van der Waals surface area contributed by atoms with Gasteiger partial charge in [0, 0.05) is 14.5 Å². The maximum atomic E-state index is 5.84. The Morgan fingerprint density at radius 1 is 1.30 bits per heavy atom. The SMILES string of the molecule is Clc1ccc(CI)c(Cl)c1. The maximum Gasteiger partial charge on any atom is 0.0460 e. The zero-order chi connectivity index (χ0) is 7.56. The van der Waals surface area contributed by atoms with Gasteiger partial charge in [0.1, 0.15) is 0 Å². The van der Waals surface area contributed by atoms with Crippen molar-refractivity contribution in [3.8, 4) is 0 Å². The molecule has 54 valence electrons. The molecule has 0 aliphatic carbocycles. The second-order valence-corrected chi connectivity index (χ2v) is 3.48. The molecule has 0 N–H and O–H groups in total. The topological polar surface area (TPSA) is 0 Å². The van der Waals surface area contributed by atoms with Gasteiger partial charge in [0.15, 0.2) is 0 Å². The molecule has 0 saturated carbocycles. The van der Waals surface area contributed by atoms with Crippen LogP contribution in [0.3, 0.4) is 0 Å². The average molecular weight is 287 g/mol. The largest absolute Gasteiger partial charge is 0.0843 e. The summed E-state index contributed by atoms with van der Waals surface area (Å²) in [7, 11) is 0. The van der Waals surface area contributed by atoms with Crippen LogP contribution in [0.15, 0.2) is 18.2 Å². The molecular formula is C7H5Cl2I. The Balaban J connectivity index is 3.07. The summed E-state index contributed by atoms with van der Waals surface area (Å²) in [6.07, 6.45) is 0. The number of benzene rings is 1. The Bertz CT molecular complexity index is 235. The van der Waals surface area contributed by atoms with Crippen LogP contribution in [0.1, 0.15) is 5.56 Å². The fourth-order valence-electron chi connectivity index (χ4n) is 0.630. The molecule has 3 heteroatoms. The lowest BCUT2D eigenvalue weighted by Crippen LogP contribution is -1.77. The molecular weight excluding hydrogens is 282 g/mol. The standard InChI is InChI=1S/C7H5Cl2I/c8-6-2-1-5(4-10)7(9)3-6/h1-3H,4H2. The van der Waals surface area contributed by atoms with Crippen molar-refractivity contribution in [2.75, 3.05) is 0 Å². The predicted molar refractivity (Wildman–Crippen MR) is 54.2 cm³/mol. The molecule has 0 atom stereocenters. The molecule has 0 fully saturated rings. The molecule has 0 amide bonds. The lowest BCUT2D eigenvalue weighted by molar-refractivity contribution is 1.46. The minimum Gasteiger partial charge on any atom is -0.0843 e. The fourth-order valence-corrected chi connectivity index (χ4v) is 2.00. The first-order valence-electron chi connectivity index (χ1n) is 2.74. The predicted octanol–water partition coefficient (Wildman–Crippen LogP) is 3.93. The summed E-state index contributed by atoms with van der Waals surface area (Å²) in [4.78, 5) is 0. The second-order valence-electron chi connectivity index (χ2n) is 1.87. The van der Waals surface area contributed by atoms with Gasteiger partial charge in [-0.2, -0.15) is 0 Å². The lowest BCUT2D eigenvalue weighted by Gasteiger charge is -1.98. The highest BCUT2D eigenvalue weighted by molar-refractivity contribution is 14.1. The third-order valence-electron chi connectivity index (χ3n) is 1.16. The summed E-state index contributed by atoms with van der Waals surface area (Å²) in [5.74, 6) is 0. The molecule has 0 saturated heterocycles. The summed E-state index contributed by atoms with van der Waals surface area (Å²) >= 11 is 13.8. The molecule has 0 bridgehead atoms. The summed E-state index contributed by atoms with van der Waals surface area (Å²) in [5.41, 5.74) is 1.13. The van der Waals surface area contributed by atoms with Gasteiger partial charge in [-0.25, -0.2) is 0 Å². The van der Waals surface area contributed by atoms with E-state index in [-0.39, 0.29) is 0 Å².